The van der Waals surface area contributed by atoms with Crippen molar-refractivity contribution in [1.82, 2.24) is 9.88 Å². The molecule has 128 valence electrons. The molecular formula is C19H21N5O. The van der Waals surface area contributed by atoms with Gasteiger partial charge >= 0.3 is 6.03 Å². The van der Waals surface area contributed by atoms with Crippen LogP contribution in [-0.2, 0) is 6.42 Å². The largest absolute Gasteiger partial charge is 0.353 e. The third kappa shape index (κ3) is 4.07. The number of nitriles is 1. The van der Waals surface area contributed by atoms with Crippen LogP contribution in [0.15, 0.2) is 42.6 Å². The molecule has 1 saturated heterocycles. The van der Waals surface area contributed by atoms with Crippen LogP contribution in [0.25, 0.3) is 0 Å². The minimum Gasteiger partial charge on any atom is -0.353 e. The Labute approximate surface area is 147 Å². The number of nitrogens with zero attached hydrogens (tertiary/aromatic N) is 4. The molecule has 2 aromatic rings. The van der Waals surface area contributed by atoms with Gasteiger partial charge < -0.3 is 15.1 Å². The van der Waals surface area contributed by atoms with Crippen LogP contribution >= 0.6 is 0 Å². The van der Waals surface area contributed by atoms with Gasteiger partial charge in [0.1, 0.15) is 11.9 Å². The van der Waals surface area contributed by atoms with Gasteiger partial charge in [0.05, 0.1) is 5.56 Å². The maximum atomic E-state index is 12.4. The van der Waals surface area contributed by atoms with Crippen LogP contribution < -0.4 is 10.2 Å². The molecule has 6 heteroatoms. The summed E-state index contributed by atoms with van der Waals surface area (Å²) in [4.78, 5) is 20.6. The Hall–Kier alpha value is -3.07. The lowest BCUT2D eigenvalue weighted by Gasteiger charge is -2.35. The summed E-state index contributed by atoms with van der Waals surface area (Å²) in [5.41, 5.74) is 2.62. The molecule has 6 nitrogen and oxygen atoms in total. The van der Waals surface area contributed by atoms with Crippen LogP contribution in [0.2, 0.25) is 0 Å². The van der Waals surface area contributed by atoms with Crippen molar-refractivity contribution in [1.29, 1.82) is 5.26 Å². The molecule has 0 bridgehead atoms. The Bertz CT molecular complexity index is 756. The maximum Gasteiger partial charge on any atom is 0.321 e. The van der Waals surface area contributed by atoms with Gasteiger partial charge in [-0.1, -0.05) is 19.1 Å². The highest BCUT2D eigenvalue weighted by Crippen LogP contribution is 2.15. The van der Waals surface area contributed by atoms with Gasteiger partial charge in [-0.2, -0.15) is 5.26 Å². The summed E-state index contributed by atoms with van der Waals surface area (Å²) in [6.07, 6.45) is 2.56. The number of nitrogens with one attached hydrogen (secondary N) is 1. The number of carbonyl (C=O) groups is 1. The zero-order chi connectivity index (χ0) is 17.6. The van der Waals surface area contributed by atoms with Crippen molar-refractivity contribution < 1.29 is 4.79 Å². The van der Waals surface area contributed by atoms with E-state index in [9.17, 15) is 4.79 Å². The van der Waals surface area contributed by atoms with Crippen molar-refractivity contribution in [3.63, 3.8) is 0 Å². The van der Waals surface area contributed by atoms with E-state index in [-0.39, 0.29) is 6.03 Å². The second-order valence-electron chi connectivity index (χ2n) is 5.97. The van der Waals surface area contributed by atoms with E-state index >= 15 is 0 Å². The highest BCUT2D eigenvalue weighted by Gasteiger charge is 2.21. The molecule has 1 aliphatic rings. The van der Waals surface area contributed by atoms with Crippen molar-refractivity contribution >= 4 is 17.5 Å². The van der Waals surface area contributed by atoms with Crippen LogP contribution in [0.1, 0.15) is 18.1 Å². The molecule has 3 rings (SSSR count). The van der Waals surface area contributed by atoms with Gasteiger partial charge in [-0.3, -0.25) is 0 Å². The molecule has 0 aliphatic carbocycles. The van der Waals surface area contributed by atoms with E-state index in [0.717, 1.165) is 31.0 Å². The van der Waals surface area contributed by atoms with Crippen LogP contribution in [0.5, 0.6) is 0 Å². The molecule has 1 N–H and O–H groups in total. The molecule has 0 radical (unpaired) electrons. The van der Waals surface area contributed by atoms with Gasteiger partial charge in [0.2, 0.25) is 0 Å². The predicted octanol–water partition coefficient (Wildman–Crippen LogP) is 2.87. The Morgan fingerprint density at radius 2 is 1.88 bits per heavy atom. The van der Waals surface area contributed by atoms with E-state index in [0.29, 0.717) is 18.7 Å². The minimum absolute atomic E-state index is 0.0725. The number of pyridine rings is 1. The average molecular weight is 335 g/mol. The number of anilines is 2. The van der Waals surface area contributed by atoms with E-state index in [1.165, 1.54) is 5.56 Å². The quantitative estimate of drug-likeness (QED) is 0.936. The number of hydrogen-bond acceptors (Lipinski definition) is 4. The molecule has 1 aromatic carbocycles. The first kappa shape index (κ1) is 16.8. The number of piperazine rings is 1. The van der Waals surface area contributed by atoms with Gasteiger partial charge in [0, 0.05) is 38.1 Å². The minimum atomic E-state index is -0.0725. The number of urea groups is 1. The molecule has 0 spiro atoms. The first-order valence-corrected chi connectivity index (χ1v) is 8.45. The molecule has 0 saturated carbocycles. The van der Waals surface area contributed by atoms with Gasteiger partial charge in [0.15, 0.2) is 0 Å². The third-order valence-electron chi connectivity index (χ3n) is 4.38. The van der Waals surface area contributed by atoms with Crippen molar-refractivity contribution in [2.75, 3.05) is 36.4 Å². The zero-order valence-corrected chi connectivity index (χ0v) is 14.3. The summed E-state index contributed by atoms with van der Waals surface area (Å²) in [6.45, 7) is 4.83. The monoisotopic (exact) mass is 335 g/mol. The Morgan fingerprint density at radius 1 is 1.16 bits per heavy atom. The highest BCUT2D eigenvalue weighted by molar-refractivity contribution is 5.89. The van der Waals surface area contributed by atoms with Crippen molar-refractivity contribution in [2.45, 2.75) is 13.3 Å². The molecule has 1 fully saturated rings. The van der Waals surface area contributed by atoms with E-state index in [2.05, 4.69) is 28.2 Å². The van der Waals surface area contributed by atoms with Gasteiger partial charge in [-0.05, 0) is 36.2 Å². The maximum absolute atomic E-state index is 12.4. The summed E-state index contributed by atoms with van der Waals surface area (Å²) in [5.74, 6) is 0.842. The Morgan fingerprint density at radius 3 is 2.44 bits per heavy atom. The Balaban J connectivity index is 1.53. The lowest BCUT2D eigenvalue weighted by Crippen LogP contribution is -2.50. The summed E-state index contributed by atoms with van der Waals surface area (Å²) in [7, 11) is 0. The fourth-order valence-electron chi connectivity index (χ4n) is 2.80. The van der Waals surface area contributed by atoms with Gasteiger partial charge in [-0.15, -0.1) is 0 Å². The van der Waals surface area contributed by atoms with Gasteiger partial charge in [0.25, 0.3) is 0 Å². The number of amides is 2. The number of carbonyl (C=O) groups excluding carboxylic acids is 1. The molecule has 2 amide bonds. The topological polar surface area (TPSA) is 72.3 Å². The Kier molecular flexibility index (Phi) is 5.14. The van der Waals surface area contributed by atoms with Crippen LogP contribution in [-0.4, -0.2) is 42.1 Å². The van der Waals surface area contributed by atoms with E-state index in [1.54, 1.807) is 12.3 Å². The standard InChI is InChI=1S/C19H21N5O/c1-2-15-3-6-17(7-4-15)22-19(25)24-11-9-23(10-12-24)18-8-5-16(13-20)14-21-18/h3-8,14H,2,9-12H2,1H3,(H,22,25). The van der Waals surface area contributed by atoms with E-state index < -0.39 is 0 Å². The second kappa shape index (κ2) is 7.67. The third-order valence-corrected chi connectivity index (χ3v) is 4.38. The molecule has 0 unspecified atom stereocenters. The predicted molar refractivity (Wildman–Crippen MR) is 97.6 cm³/mol. The molecular weight excluding hydrogens is 314 g/mol. The first-order chi connectivity index (χ1) is 12.2. The summed E-state index contributed by atoms with van der Waals surface area (Å²) in [6, 6.07) is 13.6. The SMILES string of the molecule is CCc1ccc(NC(=O)N2CCN(c3ccc(C#N)cn3)CC2)cc1. The fourth-order valence-corrected chi connectivity index (χ4v) is 2.80. The van der Waals surface area contributed by atoms with Gasteiger partial charge in [-0.25, -0.2) is 9.78 Å². The molecule has 1 aromatic heterocycles. The number of rotatable bonds is 3. The number of benzene rings is 1. The molecule has 1 aliphatic heterocycles. The smallest absolute Gasteiger partial charge is 0.321 e. The highest BCUT2D eigenvalue weighted by atomic mass is 16.2. The van der Waals surface area contributed by atoms with Crippen molar-refractivity contribution in [2.24, 2.45) is 0 Å². The summed E-state index contributed by atoms with van der Waals surface area (Å²) in [5, 5.41) is 11.8. The normalized spacial score (nSPS) is 14.1. The molecule has 25 heavy (non-hydrogen) atoms. The lowest BCUT2D eigenvalue weighted by molar-refractivity contribution is 0.208. The number of hydrogen-bond donors (Lipinski definition) is 1. The fraction of sp³-hybridized carbons (Fsp3) is 0.316. The van der Waals surface area contributed by atoms with Crippen LogP contribution in [0.4, 0.5) is 16.3 Å². The van der Waals surface area contributed by atoms with Crippen molar-refractivity contribution in [3.8, 4) is 6.07 Å². The van der Waals surface area contributed by atoms with E-state index in [4.69, 9.17) is 5.26 Å². The number of aromatic nitrogens is 1. The van der Waals surface area contributed by atoms with Crippen molar-refractivity contribution in [3.05, 3.63) is 53.7 Å². The van der Waals surface area contributed by atoms with E-state index in [1.807, 2.05) is 35.2 Å². The zero-order valence-electron chi connectivity index (χ0n) is 14.3. The lowest BCUT2D eigenvalue weighted by atomic mass is 10.1. The summed E-state index contributed by atoms with van der Waals surface area (Å²) >= 11 is 0. The second-order valence-corrected chi connectivity index (χ2v) is 5.97. The average Bonchev–Trinajstić information content (AvgIpc) is 2.69. The first-order valence-electron chi connectivity index (χ1n) is 8.45. The van der Waals surface area contributed by atoms with Crippen LogP contribution in [0, 0.1) is 11.3 Å². The molecule has 0 atom stereocenters. The molecule has 2 heterocycles. The van der Waals surface area contributed by atoms with Crippen LogP contribution in [0.3, 0.4) is 0 Å². The summed E-state index contributed by atoms with van der Waals surface area (Å²) < 4.78 is 0. The number of aryl methyl sites for hydroxylation is 1.